The Morgan fingerprint density at radius 2 is 2.38 bits per heavy atom. The minimum atomic E-state index is 0.356. The zero-order chi connectivity index (χ0) is 9.26. The van der Waals surface area contributed by atoms with Crippen LogP contribution in [0.15, 0.2) is 4.34 Å². The van der Waals surface area contributed by atoms with E-state index in [0.29, 0.717) is 6.04 Å². The summed E-state index contributed by atoms with van der Waals surface area (Å²) < 4.78 is 1.05. The quantitative estimate of drug-likeness (QED) is 0.776. The van der Waals surface area contributed by atoms with Gasteiger partial charge in [0.2, 0.25) is 0 Å². The Bertz CT molecular complexity index is 283. The smallest absolute Gasteiger partial charge is 0.174 e. The summed E-state index contributed by atoms with van der Waals surface area (Å²) in [6.45, 7) is 1.97. The molecule has 1 aliphatic carbocycles. The van der Waals surface area contributed by atoms with E-state index in [4.69, 9.17) is 5.73 Å². The van der Waals surface area contributed by atoms with Gasteiger partial charge in [0.25, 0.3) is 0 Å². The summed E-state index contributed by atoms with van der Waals surface area (Å²) in [5.41, 5.74) is 5.97. The maximum Gasteiger partial charge on any atom is 0.174 e. The SMILES string of the molecule is Cc1nnc(SCC(N)C2CC2)s1. The third kappa shape index (κ3) is 2.65. The molecule has 1 aromatic heterocycles. The van der Waals surface area contributed by atoms with Crippen LogP contribution in [-0.4, -0.2) is 22.0 Å². The molecule has 13 heavy (non-hydrogen) atoms. The van der Waals surface area contributed by atoms with Crippen molar-refractivity contribution in [2.24, 2.45) is 11.7 Å². The molecule has 0 bridgehead atoms. The predicted octanol–water partition coefficient (Wildman–Crippen LogP) is 1.68. The van der Waals surface area contributed by atoms with Crippen LogP contribution in [-0.2, 0) is 0 Å². The molecule has 5 heteroatoms. The Labute approximate surface area is 86.1 Å². The summed E-state index contributed by atoms with van der Waals surface area (Å²) in [6.07, 6.45) is 2.63. The molecule has 72 valence electrons. The molecule has 1 fully saturated rings. The molecule has 1 atom stereocenters. The molecular formula is C8H13N3S2. The van der Waals surface area contributed by atoms with Crippen molar-refractivity contribution in [1.29, 1.82) is 0 Å². The van der Waals surface area contributed by atoms with E-state index in [2.05, 4.69) is 10.2 Å². The van der Waals surface area contributed by atoms with Gasteiger partial charge in [-0.05, 0) is 25.7 Å². The van der Waals surface area contributed by atoms with Crippen molar-refractivity contribution in [3.05, 3.63) is 5.01 Å². The Kier molecular flexibility index (Phi) is 2.86. The number of thioether (sulfide) groups is 1. The van der Waals surface area contributed by atoms with Crippen molar-refractivity contribution in [2.75, 3.05) is 5.75 Å². The minimum Gasteiger partial charge on any atom is -0.327 e. The molecule has 2 N–H and O–H groups in total. The molecule has 2 rings (SSSR count). The van der Waals surface area contributed by atoms with Gasteiger partial charge in [-0.3, -0.25) is 0 Å². The zero-order valence-corrected chi connectivity index (χ0v) is 9.20. The second-order valence-corrected chi connectivity index (χ2v) is 5.85. The van der Waals surface area contributed by atoms with Crippen LogP contribution in [0.25, 0.3) is 0 Å². The molecule has 1 aromatic rings. The van der Waals surface area contributed by atoms with Gasteiger partial charge >= 0.3 is 0 Å². The van der Waals surface area contributed by atoms with Gasteiger partial charge in [-0.1, -0.05) is 23.1 Å². The number of rotatable bonds is 4. The van der Waals surface area contributed by atoms with Gasteiger partial charge in [0.05, 0.1) is 0 Å². The second-order valence-electron chi connectivity index (χ2n) is 3.40. The van der Waals surface area contributed by atoms with E-state index < -0.39 is 0 Å². The minimum absolute atomic E-state index is 0.356. The Morgan fingerprint density at radius 3 is 2.92 bits per heavy atom. The summed E-state index contributed by atoms with van der Waals surface area (Å²) >= 11 is 3.38. The molecule has 1 aliphatic rings. The Balaban J connectivity index is 1.78. The first kappa shape index (κ1) is 9.43. The topological polar surface area (TPSA) is 51.8 Å². The van der Waals surface area contributed by atoms with Gasteiger partial charge in [-0.25, -0.2) is 0 Å². The number of aromatic nitrogens is 2. The number of hydrogen-bond acceptors (Lipinski definition) is 5. The molecule has 0 aliphatic heterocycles. The van der Waals surface area contributed by atoms with Gasteiger partial charge in [0, 0.05) is 11.8 Å². The number of nitrogens with two attached hydrogens (primary N) is 1. The lowest BCUT2D eigenvalue weighted by Crippen LogP contribution is -2.24. The molecule has 0 spiro atoms. The lowest BCUT2D eigenvalue weighted by Gasteiger charge is -2.06. The first-order chi connectivity index (χ1) is 6.25. The second kappa shape index (κ2) is 3.94. The van der Waals surface area contributed by atoms with Crippen LogP contribution in [0.4, 0.5) is 0 Å². The molecule has 0 aromatic carbocycles. The van der Waals surface area contributed by atoms with Crippen LogP contribution >= 0.6 is 23.1 Å². The lowest BCUT2D eigenvalue weighted by atomic mass is 10.2. The molecule has 0 amide bonds. The third-order valence-corrected chi connectivity index (χ3v) is 4.25. The molecule has 0 radical (unpaired) electrons. The van der Waals surface area contributed by atoms with Crippen LogP contribution < -0.4 is 5.73 Å². The van der Waals surface area contributed by atoms with E-state index in [1.807, 2.05) is 6.92 Å². The molecule has 1 saturated carbocycles. The van der Waals surface area contributed by atoms with E-state index in [1.165, 1.54) is 12.8 Å². The van der Waals surface area contributed by atoms with Crippen molar-refractivity contribution in [3.8, 4) is 0 Å². The van der Waals surface area contributed by atoms with Crippen molar-refractivity contribution in [3.63, 3.8) is 0 Å². The first-order valence-electron chi connectivity index (χ1n) is 4.44. The lowest BCUT2D eigenvalue weighted by molar-refractivity contribution is 0.659. The highest BCUT2D eigenvalue weighted by Crippen LogP contribution is 2.34. The number of aryl methyl sites for hydroxylation is 1. The summed E-state index contributed by atoms with van der Waals surface area (Å²) in [5.74, 6) is 1.76. The van der Waals surface area contributed by atoms with Crippen LogP contribution in [0, 0.1) is 12.8 Å². The average Bonchev–Trinajstić information content (AvgIpc) is 2.87. The summed E-state index contributed by atoms with van der Waals surface area (Å²) in [4.78, 5) is 0. The summed E-state index contributed by atoms with van der Waals surface area (Å²) in [5, 5.41) is 9.04. The maximum atomic E-state index is 5.97. The highest BCUT2D eigenvalue weighted by Gasteiger charge is 2.28. The van der Waals surface area contributed by atoms with E-state index in [9.17, 15) is 0 Å². The average molecular weight is 215 g/mol. The Hall–Kier alpha value is -0.130. The molecule has 1 unspecified atom stereocenters. The highest BCUT2D eigenvalue weighted by atomic mass is 32.2. The van der Waals surface area contributed by atoms with Crippen molar-refractivity contribution < 1.29 is 0 Å². The molecule has 3 nitrogen and oxygen atoms in total. The zero-order valence-electron chi connectivity index (χ0n) is 7.56. The number of nitrogens with zero attached hydrogens (tertiary/aromatic N) is 2. The highest BCUT2D eigenvalue weighted by molar-refractivity contribution is 8.01. The fourth-order valence-electron chi connectivity index (χ4n) is 1.16. The van der Waals surface area contributed by atoms with Crippen molar-refractivity contribution in [1.82, 2.24) is 10.2 Å². The van der Waals surface area contributed by atoms with Gasteiger partial charge in [-0.2, -0.15) is 0 Å². The van der Waals surface area contributed by atoms with Crippen LogP contribution in [0.2, 0.25) is 0 Å². The van der Waals surface area contributed by atoms with E-state index >= 15 is 0 Å². The van der Waals surface area contributed by atoms with Gasteiger partial charge in [0.1, 0.15) is 5.01 Å². The molecule has 1 heterocycles. The van der Waals surface area contributed by atoms with Crippen LogP contribution in [0.1, 0.15) is 17.8 Å². The molecular weight excluding hydrogens is 202 g/mol. The van der Waals surface area contributed by atoms with Crippen LogP contribution in [0.3, 0.4) is 0 Å². The largest absolute Gasteiger partial charge is 0.327 e. The normalized spacial score (nSPS) is 18.9. The van der Waals surface area contributed by atoms with Crippen molar-refractivity contribution >= 4 is 23.1 Å². The standard InChI is InChI=1S/C8H13N3S2/c1-5-10-11-8(13-5)12-4-7(9)6-2-3-6/h6-7H,2-4,9H2,1H3. The summed E-state index contributed by atoms with van der Waals surface area (Å²) in [7, 11) is 0. The predicted molar refractivity (Wildman–Crippen MR) is 56.1 cm³/mol. The maximum absolute atomic E-state index is 5.97. The Morgan fingerprint density at radius 1 is 1.62 bits per heavy atom. The van der Waals surface area contributed by atoms with Crippen LogP contribution in [0.5, 0.6) is 0 Å². The fourth-order valence-corrected chi connectivity index (χ4v) is 3.09. The number of hydrogen-bond donors (Lipinski definition) is 1. The fraction of sp³-hybridized carbons (Fsp3) is 0.750. The van der Waals surface area contributed by atoms with Crippen molar-refractivity contribution in [2.45, 2.75) is 30.1 Å². The van der Waals surface area contributed by atoms with E-state index in [1.54, 1.807) is 23.1 Å². The molecule has 0 saturated heterocycles. The third-order valence-electron chi connectivity index (χ3n) is 2.13. The van der Waals surface area contributed by atoms with Gasteiger partial charge in [0.15, 0.2) is 4.34 Å². The monoisotopic (exact) mass is 215 g/mol. The van der Waals surface area contributed by atoms with Gasteiger partial charge < -0.3 is 5.73 Å². The first-order valence-corrected chi connectivity index (χ1v) is 6.24. The van der Waals surface area contributed by atoms with Gasteiger partial charge in [-0.15, -0.1) is 10.2 Å². The van der Waals surface area contributed by atoms with E-state index in [0.717, 1.165) is 21.0 Å². The van der Waals surface area contributed by atoms with E-state index in [-0.39, 0.29) is 0 Å². The summed E-state index contributed by atoms with van der Waals surface area (Å²) in [6, 6.07) is 0.356.